The highest BCUT2D eigenvalue weighted by Gasteiger charge is 2.19. The summed E-state index contributed by atoms with van der Waals surface area (Å²) in [6.07, 6.45) is 1.46. The second-order valence-corrected chi connectivity index (χ2v) is 8.75. The number of ether oxygens (including phenoxy) is 1. The highest BCUT2D eigenvalue weighted by atomic mass is 79.9. The second kappa shape index (κ2) is 8.19. The van der Waals surface area contributed by atoms with Gasteiger partial charge in [0.25, 0.3) is 0 Å². The van der Waals surface area contributed by atoms with Crippen molar-refractivity contribution < 1.29 is 14.9 Å². The first kappa shape index (κ1) is 21.1. The first-order valence-corrected chi connectivity index (χ1v) is 9.93. The van der Waals surface area contributed by atoms with Crippen LogP contribution in [-0.2, 0) is 5.41 Å². The van der Waals surface area contributed by atoms with Crippen molar-refractivity contribution in [1.82, 2.24) is 0 Å². The lowest BCUT2D eigenvalue weighted by molar-refractivity contribution is 0.317. The van der Waals surface area contributed by atoms with E-state index in [0.29, 0.717) is 32.6 Å². The molecular weight excluding hydrogens is 485 g/mol. The van der Waals surface area contributed by atoms with Gasteiger partial charge in [-0.15, -0.1) is 0 Å². The van der Waals surface area contributed by atoms with Crippen molar-refractivity contribution >= 4 is 55.4 Å². The number of phenols is 2. The summed E-state index contributed by atoms with van der Waals surface area (Å²) in [7, 11) is 0. The maximum atomic E-state index is 10.5. The van der Waals surface area contributed by atoms with Crippen molar-refractivity contribution in [3.8, 4) is 17.2 Å². The van der Waals surface area contributed by atoms with Gasteiger partial charge in [0.05, 0.1) is 17.2 Å². The standard InChI is InChI=1S/C19H20Br2ClNO3/c1-5-26-15-8-12(20)16(21)11(17(15)24)9-23-14-7-10(19(2,3)4)6-13(22)18(14)25/h6-9,24-25H,5H2,1-4H3/b23-9+. The van der Waals surface area contributed by atoms with Gasteiger partial charge >= 0.3 is 0 Å². The number of aliphatic imine (C=N–C) groups is 1. The number of benzene rings is 2. The van der Waals surface area contributed by atoms with E-state index in [1.54, 1.807) is 18.2 Å². The number of hydrogen-bond donors (Lipinski definition) is 2. The van der Waals surface area contributed by atoms with Gasteiger partial charge in [-0.25, -0.2) is 0 Å². The molecule has 0 amide bonds. The van der Waals surface area contributed by atoms with Crippen molar-refractivity contribution in [2.24, 2.45) is 4.99 Å². The zero-order valence-electron chi connectivity index (χ0n) is 14.9. The van der Waals surface area contributed by atoms with Crippen LogP contribution in [0, 0.1) is 0 Å². The highest BCUT2D eigenvalue weighted by molar-refractivity contribution is 9.13. The molecule has 0 unspecified atom stereocenters. The Morgan fingerprint density at radius 1 is 1.15 bits per heavy atom. The van der Waals surface area contributed by atoms with Gasteiger partial charge in [0, 0.05) is 15.2 Å². The first-order chi connectivity index (χ1) is 12.1. The third-order valence-corrected chi connectivity index (χ3v) is 6.03. The summed E-state index contributed by atoms with van der Waals surface area (Å²) < 4.78 is 6.78. The van der Waals surface area contributed by atoms with Crippen molar-refractivity contribution in [2.75, 3.05) is 6.61 Å². The molecular formula is C19H20Br2ClNO3. The fourth-order valence-corrected chi connectivity index (χ4v) is 3.29. The summed E-state index contributed by atoms with van der Waals surface area (Å²) in [6.45, 7) is 8.40. The smallest absolute Gasteiger partial charge is 0.167 e. The van der Waals surface area contributed by atoms with E-state index in [1.807, 2.05) is 27.7 Å². The van der Waals surface area contributed by atoms with Crippen LogP contribution in [0.5, 0.6) is 17.2 Å². The molecule has 4 nitrogen and oxygen atoms in total. The van der Waals surface area contributed by atoms with E-state index in [-0.39, 0.29) is 21.9 Å². The fraction of sp³-hybridized carbons (Fsp3) is 0.316. The van der Waals surface area contributed by atoms with Gasteiger partial charge in [-0.3, -0.25) is 4.99 Å². The van der Waals surface area contributed by atoms with Crippen LogP contribution in [0.3, 0.4) is 0 Å². The number of hydrogen-bond acceptors (Lipinski definition) is 4. The number of rotatable bonds is 4. The number of halogens is 3. The largest absolute Gasteiger partial charge is 0.504 e. The van der Waals surface area contributed by atoms with Crippen molar-refractivity contribution in [1.29, 1.82) is 0 Å². The molecule has 2 aromatic carbocycles. The van der Waals surface area contributed by atoms with Gasteiger partial charge in [0.15, 0.2) is 17.2 Å². The summed E-state index contributed by atoms with van der Waals surface area (Å²) in [5.74, 6) is 0.199. The maximum Gasteiger partial charge on any atom is 0.167 e. The zero-order valence-corrected chi connectivity index (χ0v) is 18.8. The molecule has 7 heteroatoms. The molecule has 2 rings (SSSR count). The molecule has 2 aromatic rings. The van der Waals surface area contributed by atoms with Crippen LogP contribution in [0.4, 0.5) is 5.69 Å². The molecule has 0 saturated carbocycles. The predicted molar refractivity (Wildman–Crippen MR) is 114 cm³/mol. The molecule has 0 aromatic heterocycles. The molecule has 0 atom stereocenters. The summed E-state index contributed by atoms with van der Waals surface area (Å²) in [5, 5.41) is 20.9. The molecule has 0 aliphatic heterocycles. The Kier molecular flexibility index (Phi) is 6.64. The maximum absolute atomic E-state index is 10.5. The summed E-state index contributed by atoms with van der Waals surface area (Å²) >= 11 is 13.0. The van der Waals surface area contributed by atoms with Gasteiger partial charge in [0.1, 0.15) is 5.69 Å². The van der Waals surface area contributed by atoms with Gasteiger partial charge in [-0.05, 0) is 68.0 Å². The summed E-state index contributed by atoms with van der Waals surface area (Å²) in [6, 6.07) is 5.19. The topological polar surface area (TPSA) is 62.0 Å². The Balaban J connectivity index is 2.56. The third-order valence-electron chi connectivity index (χ3n) is 3.73. The summed E-state index contributed by atoms with van der Waals surface area (Å²) in [5.41, 5.74) is 1.55. The summed E-state index contributed by atoms with van der Waals surface area (Å²) in [4.78, 5) is 4.35. The Morgan fingerprint density at radius 2 is 1.81 bits per heavy atom. The molecule has 0 saturated heterocycles. The van der Waals surface area contributed by atoms with Crippen molar-refractivity contribution in [3.05, 3.63) is 43.3 Å². The molecule has 2 N–H and O–H groups in total. The Hall–Kier alpha value is -1.24. The van der Waals surface area contributed by atoms with Crippen molar-refractivity contribution in [2.45, 2.75) is 33.1 Å². The molecule has 0 spiro atoms. The first-order valence-electron chi connectivity index (χ1n) is 7.97. The SMILES string of the molecule is CCOc1cc(Br)c(Br)c(/C=N/c2cc(C(C)(C)C)cc(Cl)c2O)c1O. The van der Waals surface area contributed by atoms with E-state index in [1.165, 1.54) is 6.21 Å². The average molecular weight is 506 g/mol. The minimum Gasteiger partial charge on any atom is -0.504 e. The zero-order chi connectivity index (χ0) is 19.6. The van der Waals surface area contributed by atoms with Crippen LogP contribution in [0.15, 0.2) is 32.1 Å². The van der Waals surface area contributed by atoms with E-state index in [9.17, 15) is 10.2 Å². The van der Waals surface area contributed by atoms with Gasteiger partial charge in [-0.1, -0.05) is 32.4 Å². The molecule has 0 radical (unpaired) electrons. The lowest BCUT2D eigenvalue weighted by Gasteiger charge is -2.20. The lowest BCUT2D eigenvalue weighted by atomic mass is 9.87. The Labute approximate surface area is 175 Å². The average Bonchev–Trinajstić information content (AvgIpc) is 2.55. The van der Waals surface area contributed by atoms with Crippen LogP contribution in [0.25, 0.3) is 0 Å². The van der Waals surface area contributed by atoms with E-state index >= 15 is 0 Å². The fourth-order valence-electron chi connectivity index (χ4n) is 2.25. The van der Waals surface area contributed by atoms with E-state index in [0.717, 1.165) is 5.56 Å². The quantitative estimate of drug-likeness (QED) is 0.453. The molecule has 0 bridgehead atoms. The van der Waals surface area contributed by atoms with Gasteiger partial charge in [-0.2, -0.15) is 0 Å². The van der Waals surface area contributed by atoms with Crippen LogP contribution in [-0.4, -0.2) is 23.0 Å². The minimum atomic E-state index is -0.151. The monoisotopic (exact) mass is 503 g/mol. The number of phenolic OH excluding ortho intramolecular Hbond substituents is 2. The van der Waals surface area contributed by atoms with E-state index < -0.39 is 0 Å². The molecule has 0 heterocycles. The Morgan fingerprint density at radius 3 is 2.38 bits per heavy atom. The molecule has 26 heavy (non-hydrogen) atoms. The second-order valence-electron chi connectivity index (χ2n) is 6.70. The van der Waals surface area contributed by atoms with Crippen LogP contribution in [0.2, 0.25) is 5.02 Å². The minimum absolute atomic E-state index is 0.0387. The van der Waals surface area contributed by atoms with E-state index in [2.05, 4.69) is 36.9 Å². The van der Waals surface area contributed by atoms with E-state index in [4.69, 9.17) is 16.3 Å². The normalized spacial score (nSPS) is 12.0. The van der Waals surface area contributed by atoms with Crippen molar-refractivity contribution in [3.63, 3.8) is 0 Å². The Bertz CT molecular complexity index is 861. The third kappa shape index (κ3) is 4.53. The van der Waals surface area contributed by atoms with Crippen LogP contribution >= 0.6 is 43.5 Å². The van der Waals surface area contributed by atoms with Gasteiger partial charge in [0.2, 0.25) is 0 Å². The predicted octanol–water partition coefficient (Wildman–Crippen LogP) is 6.72. The number of nitrogens with zero attached hydrogens (tertiary/aromatic N) is 1. The van der Waals surface area contributed by atoms with Crippen LogP contribution in [0.1, 0.15) is 38.8 Å². The molecule has 140 valence electrons. The highest BCUT2D eigenvalue weighted by Crippen LogP contribution is 2.42. The van der Waals surface area contributed by atoms with Crippen LogP contribution < -0.4 is 4.74 Å². The molecule has 0 aliphatic rings. The molecule has 0 aliphatic carbocycles. The number of aromatic hydroxyl groups is 2. The molecule has 0 fully saturated rings. The van der Waals surface area contributed by atoms with Gasteiger partial charge < -0.3 is 14.9 Å². The lowest BCUT2D eigenvalue weighted by Crippen LogP contribution is -2.10.